The van der Waals surface area contributed by atoms with Crippen molar-refractivity contribution in [1.29, 1.82) is 0 Å². The molecule has 3 N–H and O–H groups in total. The number of amides is 1. The van der Waals surface area contributed by atoms with Crippen LogP contribution in [0.1, 0.15) is 36.9 Å². The zero-order valence-corrected chi connectivity index (χ0v) is 10.4. The zero-order valence-electron chi connectivity index (χ0n) is 10.4. The van der Waals surface area contributed by atoms with Crippen molar-refractivity contribution in [3.05, 3.63) is 35.4 Å². The van der Waals surface area contributed by atoms with Gasteiger partial charge in [0.2, 0.25) is 5.91 Å². The number of carbonyl (C=O) groups is 1. The van der Waals surface area contributed by atoms with Gasteiger partial charge in [0.25, 0.3) is 0 Å². The first-order valence-corrected chi connectivity index (χ1v) is 6.20. The van der Waals surface area contributed by atoms with E-state index in [0.29, 0.717) is 5.92 Å². The van der Waals surface area contributed by atoms with Crippen LogP contribution in [0.25, 0.3) is 0 Å². The number of hydrogen-bond donors (Lipinski definition) is 2. The Morgan fingerprint density at radius 1 is 1.35 bits per heavy atom. The quantitative estimate of drug-likeness (QED) is 0.814. The molecular formula is C14H20N2O. The van der Waals surface area contributed by atoms with E-state index >= 15 is 0 Å². The Balaban J connectivity index is 2.12. The monoisotopic (exact) mass is 232 g/mol. The van der Waals surface area contributed by atoms with E-state index in [0.717, 1.165) is 0 Å². The lowest BCUT2D eigenvalue weighted by Crippen LogP contribution is -2.41. The van der Waals surface area contributed by atoms with E-state index in [9.17, 15) is 4.79 Å². The molecular weight excluding hydrogens is 212 g/mol. The molecule has 1 amide bonds. The number of aryl methyl sites for hydroxylation is 1. The highest BCUT2D eigenvalue weighted by atomic mass is 16.1. The Kier molecular flexibility index (Phi) is 3.48. The van der Waals surface area contributed by atoms with Gasteiger partial charge >= 0.3 is 0 Å². The average molecular weight is 232 g/mol. The maximum absolute atomic E-state index is 11.1. The molecule has 0 aliphatic heterocycles. The predicted molar refractivity (Wildman–Crippen MR) is 68.4 cm³/mol. The molecule has 1 aromatic rings. The average Bonchev–Trinajstić information content (AvgIpc) is 3.10. The fourth-order valence-corrected chi connectivity index (χ4v) is 2.06. The van der Waals surface area contributed by atoms with Crippen LogP contribution in [0.15, 0.2) is 24.3 Å². The summed E-state index contributed by atoms with van der Waals surface area (Å²) < 4.78 is 0. The highest BCUT2D eigenvalue weighted by molar-refractivity contribution is 5.79. The highest BCUT2D eigenvalue weighted by Crippen LogP contribution is 2.41. The largest absolute Gasteiger partial charge is 0.368 e. The second-order valence-electron chi connectivity index (χ2n) is 5.02. The molecule has 1 fully saturated rings. The molecule has 92 valence electrons. The van der Waals surface area contributed by atoms with Crippen molar-refractivity contribution in [2.45, 2.75) is 38.8 Å². The Labute approximate surface area is 102 Å². The first kappa shape index (κ1) is 12.1. The number of benzene rings is 1. The number of primary amides is 1. The van der Waals surface area contributed by atoms with Crippen molar-refractivity contribution in [3.63, 3.8) is 0 Å². The number of carbonyl (C=O) groups excluding carboxylic acids is 1. The maximum atomic E-state index is 11.1. The van der Waals surface area contributed by atoms with Gasteiger partial charge in [0, 0.05) is 6.04 Å². The maximum Gasteiger partial charge on any atom is 0.234 e. The van der Waals surface area contributed by atoms with Crippen molar-refractivity contribution in [2.75, 3.05) is 0 Å². The molecule has 0 spiro atoms. The van der Waals surface area contributed by atoms with Crippen LogP contribution in [-0.2, 0) is 4.79 Å². The normalized spacial score (nSPS) is 18.7. The van der Waals surface area contributed by atoms with E-state index in [1.165, 1.54) is 24.0 Å². The molecule has 2 rings (SSSR count). The van der Waals surface area contributed by atoms with Crippen molar-refractivity contribution in [2.24, 2.45) is 11.7 Å². The molecule has 3 heteroatoms. The molecule has 0 bridgehead atoms. The van der Waals surface area contributed by atoms with Crippen LogP contribution < -0.4 is 11.1 Å². The van der Waals surface area contributed by atoms with Gasteiger partial charge in [0.05, 0.1) is 6.04 Å². The lowest BCUT2D eigenvalue weighted by Gasteiger charge is -2.22. The molecule has 1 aromatic carbocycles. The molecule has 0 heterocycles. The summed E-state index contributed by atoms with van der Waals surface area (Å²) in [5, 5.41) is 3.34. The van der Waals surface area contributed by atoms with Crippen molar-refractivity contribution >= 4 is 5.91 Å². The second-order valence-corrected chi connectivity index (χ2v) is 5.02. The molecule has 0 saturated heterocycles. The van der Waals surface area contributed by atoms with Crippen LogP contribution in [0.2, 0.25) is 0 Å². The molecule has 0 aromatic heterocycles. The summed E-state index contributed by atoms with van der Waals surface area (Å²) in [5.41, 5.74) is 7.82. The molecule has 0 radical (unpaired) electrons. The fourth-order valence-electron chi connectivity index (χ4n) is 2.06. The van der Waals surface area contributed by atoms with Crippen molar-refractivity contribution in [3.8, 4) is 0 Å². The summed E-state index contributed by atoms with van der Waals surface area (Å²) in [7, 11) is 0. The van der Waals surface area contributed by atoms with E-state index in [2.05, 4.69) is 36.5 Å². The lowest BCUT2D eigenvalue weighted by atomic mass is 10.00. The summed E-state index contributed by atoms with van der Waals surface area (Å²) in [5.74, 6) is 0.363. The summed E-state index contributed by atoms with van der Waals surface area (Å²) in [6.45, 7) is 3.90. The smallest absolute Gasteiger partial charge is 0.234 e. The summed E-state index contributed by atoms with van der Waals surface area (Å²) in [4.78, 5) is 11.1. The molecule has 1 aliphatic rings. The predicted octanol–water partition coefficient (Wildman–Crippen LogP) is 1.91. The number of nitrogens with two attached hydrogens (primary N) is 1. The Hall–Kier alpha value is -1.35. The standard InChI is InChI=1S/C14H20N2O/c1-9-3-5-11(6-4-9)13(12-7-8-12)16-10(2)14(15)17/h3-6,10,12-13,16H,7-8H2,1-2H3,(H2,15,17). The van der Waals surface area contributed by atoms with Gasteiger partial charge in [0.15, 0.2) is 0 Å². The van der Waals surface area contributed by atoms with Crippen molar-refractivity contribution in [1.82, 2.24) is 5.32 Å². The molecule has 1 saturated carbocycles. The molecule has 3 nitrogen and oxygen atoms in total. The first-order chi connectivity index (χ1) is 8.08. The van der Waals surface area contributed by atoms with Gasteiger partial charge in [-0.05, 0) is 38.2 Å². The van der Waals surface area contributed by atoms with Gasteiger partial charge in [-0.2, -0.15) is 0 Å². The Morgan fingerprint density at radius 2 is 1.94 bits per heavy atom. The summed E-state index contributed by atoms with van der Waals surface area (Å²) in [6.07, 6.45) is 2.47. The minimum Gasteiger partial charge on any atom is -0.368 e. The highest BCUT2D eigenvalue weighted by Gasteiger charge is 2.33. The molecule has 2 atom stereocenters. The molecule has 2 unspecified atom stereocenters. The number of nitrogens with one attached hydrogen (secondary N) is 1. The Morgan fingerprint density at radius 3 is 2.41 bits per heavy atom. The summed E-state index contributed by atoms with van der Waals surface area (Å²) in [6, 6.07) is 8.49. The third-order valence-electron chi connectivity index (χ3n) is 3.39. The minimum atomic E-state index is -0.289. The first-order valence-electron chi connectivity index (χ1n) is 6.20. The Bertz CT molecular complexity index is 395. The van der Waals surface area contributed by atoms with E-state index < -0.39 is 0 Å². The third-order valence-corrected chi connectivity index (χ3v) is 3.39. The van der Waals surface area contributed by atoms with Crippen LogP contribution in [0.3, 0.4) is 0 Å². The number of rotatable bonds is 5. The second kappa shape index (κ2) is 4.88. The fraction of sp³-hybridized carbons (Fsp3) is 0.500. The minimum absolute atomic E-state index is 0.262. The van der Waals surface area contributed by atoms with Crippen LogP contribution in [0, 0.1) is 12.8 Å². The van der Waals surface area contributed by atoms with E-state index in [-0.39, 0.29) is 18.0 Å². The summed E-state index contributed by atoms with van der Waals surface area (Å²) >= 11 is 0. The topological polar surface area (TPSA) is 55.1 Å². The van der Waals surface area contributed by atoms with Gasteiger partial charge in [0.1, 0.15) is 0 Å². The van der Waals surface area contributed by atoms with Gasteiger partial charge in [-0.25, -0.2) is 0 Å². The number of hydrogen-bond acceptors (Lipinski definition) is 2. The van der Waals surface area contributed by atoms with E-state index in [1.807, 2.05) is 6.92 Å². The molecule has 17 heavy (non-hydrogen) atoms. The van der Waals surface area contributed by atoms with Crippen LogP contribution in [0.4, 0.5) is 0 Å². The third kappa shape index (κ3) is 3.07. The SMILES string of the molecule is Cc1ccc(C(NC(C)C(N)=O)C2CC2)cc1. The van der Waals surface area contributed by atoms with Gasteiger partial charge < -0.3 is 5.73 Å². The van der Waals surface area contributed by atoms with Gasteiger partial charge in [-0.15, -0.1) is 0 Å². The molecule has 1 aliphatic carbocycles. The van der Waals surface area contributed by atoms with Crippen molar-refractivity contribution < 1.29 is 4.79 Å². The van der Waals surface area contributed by atoms with Crippen LogP contribution in [-0.4, -0.2) is 11.9 Å². The zero-order chi connectivity index (χ0) is 12.4. The van der Waals surface area contributed by atoms with E-state index in [1.54, 1.807) is 0 Å². The van der Waals surface area contributed by atoms with Gasteiger partial charge in [-0.1, -0.05) is 29.8 Å². The van der Waals surface area contributed by atoms with Crippen LogP contribution >= 0.6 is 0 Å². The van der Waals surface area contributed by atoms with E-state index in [4.69, 9.17) is 5.73 Å². The van der Waals surface area contributed by atoms with Gasteiger partial charge in [-0.3, -0.25) is 10.1 Å². The lowest BCUT2D eigenvalue weighted by molar-refractivity contribution is -0.119. The van der Waals surface area contributed by atoms with Crippen LogP contribution in [0.5, 0.6) is 0 Å².